The highest BCUT2D eigenvalue weighted by Gasteiger charge is 2.11. The maximum Gasteiger partial charge on any atom is 0.142 e. The molecule has 3 nitrogen and oxygen atoms in total. The van der Waals surface area contributed by atoms with Gasteiger partial charge in [0.2, 0.25) is 0 Å². The number of hydrogen-bond donors (Lipinski definition) is 1. The average molecular weight is 339 g/mol. The number of imidazole rings is 1. The number of benzene rings is 2. The van der Waals surface area contributed by atoms with Crippen LogP contribution >= 0.6 is 0 Å². The van der Waals surface area contributed by atoms with Crippen LogP contribution < -0.4 is 5.32 Å². The number of anilines is 1. The number of nitrogens with one attached hydrogen (secondary N) is 1. The summed E-state index contributed by atoms with van der Waals surface area (Å²) in [5.74, 6) is 1.01. The van der Waals surface area contributed by atoms with E-state index < -0.39 is 0 Å². The van der Waals surface area contributed by atoms with Crippen molar-refractivity contribution >= 4 is 23.6 Å². The van der Waals surface area contributed by atoms with Gasteiger partial charge in [-0.1, -0.05) is 72.8 Å². The lowest BCUT2D eigenvalue weighted by Gasteiger charge is -2.08. The SMILES string of the molecule is Cc1cccn2c(NCc3ccccc3)c(C=Cc3ccccc3)nc12. The van der Waals surface area contributed by atoms with E-state index in [0.29, 0.717) is 0 Å². The smallest absolute Gasteiger partial charge is 0.142 e. The van der Waals surface area contributed by atoms with Crippen LogP contribution in [-0.2, 0) is 6.54 Å². The molecule has 0 spiro atoms. The Labute approximate surface area is 153 Å². The zero-order valence-corrected chi connectivity index (χ0v) is 14.8. The van der Waals surface area contributed by atoms with Crippen LogP contribution in [0, 0.1) is 6.92 Å². The summed E-state index contributed by atoms with van der Waals surface area (Å²) in [6.07, 6.45) is 6.24. The van der Waals surface area contributed by atoms with E-state index in [9.17, 15) is 0 Å². The zero-order valence-electron chi connectivity index (χ0n) is 14.8. The molecule has 0 fully saturated rings. The molecule has 0 atom stereocenters. The first-order valence-corrected chi connectivity index (χ1v) is 8.80. The molecule has 0 aliphatic heterocycles. The van der Waals surface area contributed by atoms with Gasteiger partial charge in [-0.25, -0.2) is 4.98 Å². The second-order valence-electron chi connectivity index (χ2n) is 6.31. The fraction of sp³-hybridized carbons (Fsp3) is 0.0870. The molecular formula is C23H21N3. The molecule has 0 amide bonds. The van der Waals surface area contributed by atoms with Crippen molar-refractivity contribution in [3.63, 3.8) is 0 Å². The van der Waals surface area contributed by atoms with Gasteiger partial charge in [-0.05, 0) is 35.8 Å². The van der Waals surface area contributed by atoms with E-state index in [1.807, 2.05) is 24.3 Å². The monoisotopic (exact) mass is 339 g/mol. The summed E-state index contributed by atoms with van der Waals surface area (Å²) in [6.45, 7) is 2.85. The van der Waals surface area contributed by atoms with E-state index in [1.165, 1.54) is 5.56 Å². The van der Waals surface area contributed by atoms with Crippen molar-refractivity contribution in [2.75, 3.05) is 5.32 Å². The average Bonchev–Trinajstić information content (AvgIpc) is 3.05. The fourth-order valence-electron chi connectivity index (χ4n) is 3.03. The molecule has 3 heteroatoms. The first-order chi connectivity index (χ1) is 12.8. The van der Waals surface area contributed by atoms with E-state index in [2.05, 4.69) is 83.5 Å². The number of pyridine rings is 1. The number of aromatic nitrogens is 2. The van der Waals surface area contributed by atoms with Gasteiger partial charge in [-0.3, -0.25) is 4.40 Å². The van der Waals surface area contributed by atoms with Gasteiger partial charge in [0, 0.05) is 12.7 Å². The summed E-state index contributed by atoms with van der Waals surface area (Å²) in [5, 5.41) is 3.57. The molecule has 0 bridgehead atoms. The van der Waals surface area contributed by atoms with Gasteiger partial charge in [0.15, 0.2) is 0 Å². The van der Waals surface area contributed by atoms with Gasteiger partial charge >= 0.3 is 0 Å². The van der Waals surface area contributed by atoms with Crippen LogP contribution in [0.4, 0.5) is 5.82 Å². The molecule has 0 aliphatic rings. The highest BCUT2D eigenvalue weighted by Crippen LogP contribution is 2.23. The third kappa shape index (κ3) is 3.38. The van der Waals surface area contributed by atoms with Crippen molar-refractivity contribution in [1.29, 1.82) is 0 Å². The molecule has 0 saturated heterocycles. The lowest BCUT2D eigenvalue weighted by molar-refractivity contribution is 1.08. The first-order valence-electron chi connectivity index (χ1n) is 8.80. The maximum atomic E-state index is 4.85. The quantitative estimate of drug-likeness (QED) is 0.526. The molecular weight excluding hydrogens is 318 g/mol. The van der Waals surface area contributed by atoms with Crippen LogP contribution in [0.25, 0.3) is 17.8 Å². The van der Waals surface area contributed by atoms with Gasteiger partial charge in [-0.15, -0.1) is 0 Å². The number of fused-ring (bicyclic) bond motifs is 1. The minimum absolute atomic E-state index is 0.759. The Bertz CT molecular complexity index is 1030. The van der Waals surface area contributed by atoms with Gasteiger partial charge in [0.25, 0.3) is 0 Å². The van der Waals surface area contributed by atoms with Crippen LogP contribution in [-0.4, -0.2) is 9.38 Å². The van der Waals surface area contributed by atoms with E-state index in [0.717, 1.165) is 34.8 Å². The predicted molar refractivity (Wildman–Crippen MR) is 109 cm³/mol. The van der Waals surface area contributed by atoms with Crippen molar-refractivity contribution in [1.82, 2.24) is 9.38 Å². The minimum Gasteiger partial charge on any atom is -0.365 e. The van der Waals surface area contributed by atoms with Crippen molar-refractivity contribution < 1.29 is 0 Å². The Kier molecular flexibility index (Phi) is 4.52. The number of hydrogen-bond acceptors (Lipinski definition) is 2. The number of nitrogens with zero attached hydrogens (tertiary/aromatic N) is 2. The predicted octanol–water partition coefficient (Wildman–Crippen LogP) is 5.43. The summed E-state index contributed by atoms with van der Waals surface area (Å²) in [5.41, 5.74) is 5.49. The molecule has 4 rings (SSSR count). The van der Waals surface area contributed by atoms with Crippen LogP contribution in [0.2, 0.25) is 0 Å². The van der Waals surface area contributed by atoms with Gasteiger partial charge < -0.3 is 5.32 Å². The zero-order chi connectivity index (χ0) is 17.8. The fourth-order valence-corrected chi connectivity index (χ4v) is 3.03. The maximum absolute atomic E-state index is 4.85. The Morgan fingerprint density at radius 2 is 1.62 bits per heavy atom. The summed E-state index contributed by atoms with van der Waals surface area (Å²) in [7, 11) is 0. The second kappa shape index (κ2) is 7.28. The summed E-state index contributed by atoms with van der Waals surface area (Å²) < 4.78 is 2.13. The molecule has 0 saturated carbocycles. The van der Waals surface area contributed by atoms with Gasteiger partial charge in [-0.2, -0.15) is 0 Å². The topological polar surface area (TPSA) is 29.3 Å². The van der Waals surface area contributed by atoms with Gasteiger partial charge in [0.05, 0.1) is 0 Å². The van der Waals surface area contributed by atoms with E-state index in [4.69, 9.17) is 4.98 Å². The molecule has 2 aromatic carbocycles. The Hall–Kier alpha value is -3.33. The molecule has 0 unspecified atom stereocenters. The van der Waals surface area contributed by atoms with Gasteiger partial charge in [0.1, 0.15) is 17.2 Å². The summed E-state index contributed by atoms with van der Waals surface area (Å²) in [6, 6.07) is 24.9. The molecule has 1 N–H and O–H groups in total. The van der Waals surface area contributed by atoms with Crippen molar-refractivity contribution in [2.45, 2.75) is 13.5 Å². The van der Waals surface area contributed by atoms with Crippen molar-refractivity contribution in [3.05, 3.63) is 101 Å². The van der Waals surface area contributed by atoms with E-state index in [1.54, 1.807) is 0 Å². The van der Waals surface area contributed by atoms with Crippen molar-refractivity contribution in [2.24, 2.45) is 0 Å². The molecule has 26 heavy (non-hydrogen) atoms. The molecule has 128 valence electrons. The lowest BCUT2D eigenvalue weighted by atomic mass is 10.2. The third-order valence-electron chi connectivity index (χ3n) is 4.41. The van der Waals surface area contributed by atoms with Crippen molar-refractivity contribution in [3.8, 4) is 0 Å². The Morgan fingerprint density at radius 1 is 0.885 bits per heavy atom. The molecule has 2 aromatic heterocycles. The van der Waals surface area contributed by atoms with E-state index >= 15 is 0 Å². The Morgan fingerprint density at radius 3 is 2.38 bits per heavy atom. The molecule has 0 radical (unpaired) electrons. The van der Waals surface area contributed by atoms with E-state index in [-0.39, 0.29) is 0 Å². The second-order valence-corrected chi connectivity index (χ2v) is 6.31. The first kappa shape index (κ1) is 16.2. The number of aryl methyl sites for hydroxylation is 1. The highest BCUT2D eigenvalue weighted by molar-refractivity contribution is 5.76. The summed E-state index contributed by atoms with van der Waals surface area (Å²) in [4.78, 5) is 4.85. The normalized spacial score (nSPS) is 11.3. The van der Waals surface area contributed by atoms with Crippen LogP contribution in [0.15, 0.2) is 79.0 Å². The number of rotatable bonds is 5. The third-order valence-corrected chi connectivity index (χ3v) is 4.41. The lowest BCUT2D eigenvalue weighted by Crippen LogP contribution is -2.03. The minimum atomic E-state index is 0.759. The summed E-state index contributed by atoms with van der Waals surface area (Å²) >= 11 is 0. The highest BCUT2D eigenvalue weighted by atomic mass is 15.1. The standard InChI is InChI=1S/C23H21N3/c1-18-9-8-16-26-22(18)25-21(15-14-19-10-4-2-5-11-19)23(26)24-17-20-12-6-3-7-13-20/h2-16,24H,17H2,1H3. The largest absolute Gasteiger partial charge is 0.365 e. The molecule has 0 aliphatic carbocycles. The molecule has 2 heterocycles. The van der Waals surface area contributed by atoms with Crippen LogP contribution in [0.5, 0.6) is 0 Å². The molecule has 4 aromatic rings. The van der Waals surface area contributed by atoms with Crippen LogP contribution in [0.3, 0.4) is 0 Å². The van der Waals surface area contributed by atoms with Crippen LogP contribution in [0.1, 0.15) is 22.4 Å². The Balaban J connectivity index is 1.71.